The van der Waals surface area contributed by atoms with E-state index in [4.69, 9.17) is 23.9 Å². The summed E-state index contributed by atoms with van der Waals surface area (Å²) in [7, 11) is 3.22. The number of hydrogen-bond donors (Lipinski definition) is 0. The first-order chi connectivity index (χ1) is 23.9. The van der Waals surface area contributed by atoms with Crippen LogP contribution in [0.15, 0.2) is 59.6 Å². The van der Waals surface area contributed by atoms with Crippen molar-refractivity contribution in [3.05, 3.63) is 71.3 Å². The number of carbonyl (C=O) groups is 2. The molecule has 1 atom stereocenters. The lowest BCUT2D eigenvalue weighted by Crippen LogP contribution is -2.65. The van der Waals surface area contributed by atoms with Crippen molar-refractivity contribution in [1.29, 1.82) is 0 Å². The number of methoxy groups -OCH3 is 2. The third-order valence-corrected chi connectivity index (χ3v) is 10.4. The molecule has 0 saturated carbocycles. The highest BCUT2D eigenvalue weighted by Gasteiger charge is 2.46. The zero-order valence-electron chi connectivity index (χ0n) is 31.0. The third kappa shape index (κ3) is 7.31. The normalized spacial score (nSPS) is 17.6. The minimum absolute atomic E-state index is 0.00680. The number of hydrogen-bond acceptors (Lipinski definition) is 8. The van der Waals surface area contributed by atoms with Gasteiger partial charge < -0.3 is 28.7 Å². The minimum Gasteiger partial charge on any atom is -0.497 e. The summed E-state index contributed by atoms with van der Waals surface area (Å²) >= 11 is 0. The van der Waals surface area contributed by atoms with E-state index < -0.39 is 11.1 Å². The summed E-state index contributed by atoms with van der Waals surface area (Å²) in [4.78, 5) is 37.8. The second-order valence-electron chi connectivity index (χ2n) is 13.7. The van der Waals surface area contributed by atoms with E-state index >= 15 is 0 Å². The van der Waals surface area contributed by atoms with Crippen LogP contribution in [0.25, 0.3) is 0 Å². The lowest BCUT2D eigenvalue weighted by molar-refractivity contribution is -0.0685. The zero-order valence-corrected chi connectivity index (χ0v) is 31.0. The molecule has 2 amide bonds. The molecular weight excluding hydrogens is 632 g/mol. The standard InChI is InChI=1S/C38H46N4O6.C2H6/c1-25-21-26(10-15-32(25)47-29-13-11-28(45-6)12-14-29)35(43)40-17-19-41(20-18-40)37(2,3)38(4,5)48-34-23-31-30(22-33(34)46-7)36(44)42-16-8-9-27(42)24-39-31;1-2/h10-15,21-24,27H,8-9,16-20H2,1-7H3;1-2H3. The largest absolute Gasteiger partial charge is 0.497 e. The molecule has 0 spiro atoms. The first kappa shape index (κ1) is 36.7. The second kappa shape index (κ2) is 15.1. The summed E-state index contributed by atoms with van der Waals surface area (Å²) in [5.41, 5.74) is 1.57. The van der Waals surface area contributed by atoms with E-state index in [2.05, 4.69) is 32.6 Å². The van der Waals surface area contributed by atoms with Gasteiger partial charge in [0, 0.05) is 50.6 Å². The van der Waals surface area contributed by atoms with Crippen molar-refractivity contribution in [2.45, 2.75) is 78.5 Å². The monoisotopic (exact) mass is 684 g/mol. The second-order valence-corrected chi connectivity index (χ2v) is 13.7. The van der Waals surface area contributed by atoms with E-state index in [0.717, 1.165) is 30.7 Å². The van der Waals surface area contributed by atoms with Gasteiger partial charge in [-0.2, -0.15) is 0 Å². The maximum Gasteiger partial charge on any atom is 0.256 e. The van der Waals surface area contributed by atoms with Crippen LogP contribution in [0.4, 0.5) is 5.69 Å². The van der Waals surface area contributed by atoms with Crippen LogP contribution in [0.2, 0.25) is 0 Å². The molecule has 50 heavy (non-hydrogen) atoms. The van der Waals surface area contributed by atoms with Crippen molar-refractivity contribution < 1.29 is 28.5 Å². The molecule has 10 heteroatoms. The number of piperazine rings is 1. The summed E-state index contributed by atoms with van der Waals surface area (Å²) < 4.78 is 23.7. The Balaban J connectivity index is 0.00000239. The van der Waals surface area contributed by atoms with E-state index in [-0.39, 0.29) is 17.9 Å². The van der Waals surface area contributed by atoms with Crippen molar-refractivity contribution in [2.24, 2.45) is 4.99 Å². The molecule has 2 saturated heterocycles. The van der Waals surface area contributed by atoms with Crippen molar-refractivity contribution >= 4 is 23.7 Å². The Morgan fingerprint density at radius 3 is 2.14 bits per heavy atom. The maximum absolute atomic E-state index is 13.6. The van der Waals surface area contributed by atoms with Gasteiger partial charge in [-0.1, -0.05) is 13.8 Å². The molecule has 3 aliphatic rings. The molecule has 3 heterocycles. The van der Waals surface area contributed by atoms with Crippen LogP contribution in [0.3, 0.4) is 0 Å². The van der Waals surface area contributed by atoms with E-state index in [1.165, 1.54) is 0 Å². The molecule has 0 bridgehead atoms. The van der Waals surface area contributed by atoms with Gasteiger partial charge in [0.25, 0.3) is 11.8 Å². The lowest BCUT2D eigenvalue weighted by Gasteiger charge is -2.51. The molecule has 268 valence electrons. The quantitative estimate of drug-likeness (QED) is 0.230. The minimum atomic E-state index is -0.671. The predicted molar refractivity (Wildman–Crippen MR) is 197 cm³/mol. The SMILES string of the molecule is CC.COc1ccc(Oc2ccc(C(=O)N3CCN(C(C)(C)C(C)(C)Oc4cc5c(cc4OC)C(=O)N4CCCC4C=N5)CC3)cc2C)cc1. The zero-order chi connectivity index (χ0) is 36.2. The van der Waals surface area contributed by atoms with Crippen LogP contribution in [0.1, 0.15) is 80.7 Å². The summed E-state index contributed by atoms with van der Waals surface area (Å²) in [5, 5.41) is 0. The Hall–Kier alpha value is -4.57. The van der Waals surface area contributed by atoms with E-state index in [0.29, 0.717) is 66.0 Å². The molecule has 3 aromatic rings. The van der Waals surface area contributed by atoms with Crippen LogP contribution < -0.4 is 18.9 Å². The molecule has 3 aliphatic heterocycles. The molecule has 6 rings (SSSR count). The highest BCUT2D eigenvalue weighted by molar-refractivity contribution is 6.03. The van der Waals surface area contributed by atoms with Crippen molar-refractivity contribution in [3.63, 3.8) is 0 Å². The van der Waals surface area contributed by atoms with Gasteiger partial charge in [0.1, 0.15) is 22.8 Å². The fourth-order valence-electron chi connectivity index (χ4n) is 6.69. The molecule has 0 N–H and O–H groups in total. The van der Waals surface area contributed by atoms with E-state index in [1.807, 2.05) is 85.3 Å². The number of fused-ring (bicyclic) bond motifs is 2. The number of aliphatic imine (C=N–C) groups is 1. The first-order valence-corrected chi connectivity index (χ1v) is 17.6. The number of nitrogens with zero attached hydrogens (tertiary/aromatic N) is 4. The Bertz CT molecular complexity index is 1710. The highest BCUT2D eigenvalue weighted by Crippen LogP contribution is 2.42. The van der Waals surface area contributed by atoms with Crippen molar-refractivity contribution in [2.75, 3.05) is 46.9 Å². The Kier molecular flexibility index (Phi) is 11.1. The third-order valence-electron chi connectivity index (χ3n) is 10.4. The summed E-state index contributed by atoms with van der Waals surface area (Å²) in [6, 6.07) is 16.6. The van der Waals surface area contributed by atoms with Crippen LogP contribution in [-0.4, -0.2) is 96.9 Å². The Labute approximate surface area is 297 Å². The first-order valence-electron chi connectivity index (χ1n) is 17.6. The van der Waals surface area contributed by atoms with Gasteiger partial charge in [-0.05, 0) is 102 Å². The van der Waals surface area contributed by atoms with Crippen LogP contribution in [-0.2, 0) is 0 Å². The van der Waals surface area contributed by atoms with Gasteiger partial charge in [0.15, 0.2) is 11.5 Å². The van der Waals surface area contributed by atoms with Gasteiger partial charge in [0.05, 0.1) is 37.1 Å². The van der Waals surface area contributed by atoms with Gasteiger partial charge in [0.2, 0.25) is 0 Å². The van der Waals surface area contributed by atoms with Crippen LogP contribution in [0, 0.1) is 6.92 Å². The average molecular weight is 685 g/mol. The number of benzene rings is 3. The van der Waals surface area contributed by atoms with Crippen molar-refractivity contribution in [3.8, 4) is 28.7 Å². The Morgan fingerprint density at radius 2 is 1.50 bits per heavy atom. The Morgan fingerprint density at radius 1 is 0.820 bits per heavy atom. The molecule has 10 nitrogen and oxygen atoms in total. The summed E-state index contributed by atoms with van der Waals surface area (Å²) in [6.07, 6.45) is 3.79. The molecule has 1 unspecified atom stereocenters. The van der Waals surface area contributed by atoms with Crippen LogP contribution in [0.5, 0.6) is 28.7 Å². The maximum atomic E-state index is 13.6. The summed E-state index contributed by atoms with van der Waals surface area (Å²) in [5.74, 6) is 3.21. The lowest BCUT2D eigenvalue weighted by atomic mass is 9.83. The van der Waals surface area contributed by atoms with E-state index in [9.17, 15) is 9.59 Å². The number of carbonyl (C=O) groups excluding carboxylic acids is 2. The number of amides is 2. The number of ether oxygens (including phenoxy) is 4. The molecule has 3 aromatic carbocycles. The van der Waals surface area contributed by atoms with Gasteiger partial charge in [-0.25, -0.2) is 0 Å². The molecule has 0 aromatic heterocycles. The molecule has 0 radical (unpaired) electrons. The number of aryl methyl sites for hydroxylation is 1. The van der Waals surface area contributed by atoms with Gasteiger partial charge >= 0.3 is 0 Å². The molecule has 0 aliphatic carbocycles. The van der Waals surface area contributed by atoms with Crippen molar-refractivity contribution in [1.82, 2.24) is 14.7 Å². The van der Waals surface area contributed by atoms with Crippen LogP contribution >= 0.6 is 0 Å². The van der Waals surface area contributed by atoms with E-state index in [1.54, 1.807) is 20.3 Å². The topological polar surface area (TPSA) is 93.1 Å². The van der Waals surface area contributed by atoms with Gasteiger partial charge in [-0.3, -0.25) is 19.5 Å². The fraction of sp³-hybridized carbons (Fsp3) is 0.475. The number of rotatable bonds is 9. The smallest absolute Gasteiger partial charge is 0.256 e. The highest BCUT2D eigenvalue weighted by atomic mass is 16.5. The fourth-order valence-corrected chi connectivity index (χ4v) is 6.69. The van der Waals surface area contributed by atoms with Gasteiger partial charge in [-0.15, -0.1) is 0 Å². The summed E-state index contributed by atoms with van der Waals surface area (Å²) in [6.45, 7) is 17.7. The molecule has 2 fully saturated rings. The average Bonchev–Trinajstić information content (AvgIpc) is 3.56. The predicted octanol–water partition coefficient (Wildman–Crippen LogP) is 7.55. The molecular formula is C40H52N4O6.